The van der Waals surface area contributed by atoms with Crippen molar-refractivity contribution in [2.75, 3.05) is 26.5 Å². The first-order valence-electron chi connectivity index (χ1n) is 15.9. The third-order valence-electron chi connectivity index (χ3n) is 10.6. The van der Waals surface area contributed by atoms with E-state index in [0.717, 1.165) is 0 Å². The zero-order valence-corrected chi connectivity index (χ0v) is 28.1. The number of hydrogen-bond donors (Lipinski definition) is 4. The Labute approximate surface area is 287 Å². The minimum atomic E-state index is -2.88. The third-order valence-corrected chi connectivity index (χ3v) is 10.6. The maximum atomic E-state index is 14.4. The first-order chi connectivity index (χ1) is 23.5. The number of benzene rings is 3. The van der Waals surface area contributed by atoms with Crippen molar-refractivity contribution in [3.63, 3.8) is 0 Å². The second kappa shape index (κ2) is 11.9. The normalized spacial score (nSPS) is 28.7. The molecular formula is C37H37N3O10. The Balaban J connectivity index is 1.35. The Morgan fingerprint density at radius 3 is 2.12 bits per heavy atom. The van der Waals surface area contributed by atoms with Gasteiger partial charge in [-0.15, -0.1) is 0 Å². The van der Waals surface area contributed by atoms with Crippen LogP contribution in [0.15, 0.2) is 60.7 Å². The number of nitrogens with one attached hydrogen (secondary N) is 1. The number of carbonyl (C=O) groups is 6. The fraction of sp³-hybridized carbons (Fsp3) is 0.351. The van der Waals surface area contributed by atoms with Crippen LogP contribution in [0.5, 0.6) is 17.2 Å². The number of aliphatic hydroxyl groups is 1. The van der Waals surface area contributed by atoms with E-state index < -0.39 is 69.4 Å². The van der Waals surface area contributed by atoms with Crippen LogP contribution >= 0.6 is 0 Å². The van der Waals surface area contributed by atoms with E-state index >= 15 is 0 Å². The molecule has 6 rings (SSSR count). The molecule has 6 atom stereocenters. The van der Waals surface area contributed by atoms with Crippen LogP contribution in [0, 0.1) is 22.7 Å². The minimum absolute atomic E-state index is 0.0653. The molecule has 13 nitrogen and oxygen atoms in total. The number of phenols is 1. The number of likely N-dealkylation sites (N-methyl/N-ethyl adjacent to an activating group) is 1. The first-order valence-corrected chi connectivity index (χ1v) is 15.9. The second-order valence-corrected chi connectivity index (χ2v) is 14.0. The molecule has 3 aromatic rings. The maximum Gasteiger partial charge on any atom is 0.417 e. The number of hydrogen-bond acceptors (Lipinski definition) is 11. The van der Waals surface area contributed by atoms with Gasteiger partial charge in [0.15, 0.2) is 34.7 Å². The SMILES string of the molecule is COc1ccc(OC(=O)Nc2ccc(-c3ccc(O)c4c3C[C@@]3(C)C[C@@]5(C)[C@H](N(C)C)C(=O)C(C(N)=O)C(=O)[C@@]5(O)C(=O)C3C4=O)cc2)cc1. The summed E-state index contributed by atoms with van der Waals surface area (Å²) in [5, 5.41) is 25.7. The predicted molar refractivity (Wildman–Crippen MR) is 179 cm³/mol. The van der Waals surface area contributed by atoms with Crippen molar-refractivity contribution in [3.8, 4) is 28.4 Å². The van der Waals surface area contributed by atoms with E-state index in [1.54, 1.807) is 61.5 Å². The molecule has 0 saturated heterocycles. The van der Waals surface area contributed by atoms with Crippen molar-refractivity contribution in [2.24, 2.45) is 28.4 Å². The van der Waals surface area contributed by atoms with Gasteiger partial charge in [0.25, 0.3) is 0 Å². The number of amides is 2. The summed E-state index contributed by atoms with van der Waals surface area (Å²) in [6, 6.07) is 14.9. The fourth-order valence-electron chi connectivity index (χ4n) is 8.62. The molecule has 0 radical (unpaired) electrons. The van der Waals surface area contributed by atoms with Crippen LogP contribution < -0.4 is 20.5 Å². The van der Waals surface area contributed by atoms with Crippen molar-refractivity contribution < 1.29 is 48.5 Å². The average Bonchev–Trinajstić information content (AvgIpc) is 3.03. The molecular weight excluding hydrogens is 646 g/mol. The summed E-state index contributed by atoms with van der Waals surface area (Å²) in [6.45, 7) is 3.15. The van der Waals surface area contributed by atoms with Gasteiger partial charge in [0.05, 0.1) is 24.6 Å². The summed E-state index contributed by atoms with van der Waals surface area (Å²) in [4.78, 5) is 82.4. The molecule has 0 heterocycles. The van der Waals surface area contributed by atoms with E-state index in [4.69, 9.17) is 15.2 Å². The summed E-state index contributed by atoms with van der Waals surface area (Å²) in [5.74, 6) is -8.44. The predicted octanol–water partition coefficient (Wildman–Crippen LogP) is 2.93. The number of nitrogens with two attached hydrogens (primary N) is 1. The first kappa shape index (κ1) is 34.5. The van der Waals surface area contributed by atoms with E-state index in [0.29, 0.717) is 33.9 Å². The number of carbonyl (C=O) groups excluding carboxylic acids is 6. The quantitative estimate of drug-likeness (QED) is 0.278. The van der Waals surface area contributed by atoms with Gasteiger partial charge in [-0.05, 0) is 91.5 Å². The molecule has 0 aromatic heterocycles. The van der Waals surface area contributed by atoms with Gasteiger partial charge in [-0.3, -0.25) is 34.2 Å². The van der Waals surface area contributed by atoms with Gasteiger partial charge >= 0.3 is 6.09 Å². The molecule has 3 aliphatic carbocycles. The summed E-state index contributed by atoms with van der Waals surface area (Å²) < 4.78 is 10.4. The van der Waals surface area contributed by atoms with Crippen LogP contribution in [0.3, 0.4) is 0 Å². The van der Waals surface area contributed by atoms with E-state index in [1.807, 2.05) is 0 Å². The number of Topliss-reactive ketones (excluding diaryl/α,β-unsaturated/α-hetero) is 4. The van der Waals surface area contributed by atoms with Crippen molar-refractivity contribution >= 4 is 40.8 Å². The molecule has 2 fully saturated rings. The number of methoxy groups -OCH3 is 1. The van der Waals surface area contributed by atoms with Crippen molar-refractivity contribution in [3.05, 3.63) is 71.8 Å². The van der Waals surface area contributed by atoms with Crippen LogP contribution in [0.2, 0.25) is 0 Å². The molecule has 13 heteroatoms. The summed E-state index contributed by atoms with van der Waals surface area (Å²) >= 11 is 0. The smallest absolute Gasteiger partial charge is 0.417 e. The molecule has 2 unspecified atom stereocenters. The Hall–Kier alpha value is -5.40. The van der Waals surface area contributed by atoms with Crippen LogP contribution in [0.4, 0.5) is 10.5 Å². The maximum absolute atomic E-state index is 14.4. The lowest BCUT2D eigenvalue weighted by atomic mass is 9.42. The van der Waals surface area contributed by atoms with Gasteiger partial charge in [0, 0.05) is 11.1 Å². The summed E-state index contributed by atoms with van der Waals surface area (Å²) in [5.41, 5.74) is 1.56. The molecule has 50 heavy (non-hydrogen) atoms. The number of ether oxygens (including phenoxy) is 2. The van der Waals surface area contributed by atoms with E-state index in [2.05, 4.69) is 5.32 Å². The molecule has 0 spiro atoms. The summed E-state index contributed by atoms with van der Waals surface area (Å²) in [7, 11) is 4.60. The Morgan fingerprint density at radius 1 is 0.920 bits per heavy atom. The van der Waals surface area contributed by atoms with E-state index in [9.17, 15) is 39.0 Å². The molecule has 3 aromatic carbocycles. The molecule has 3 aliphatic rings. The van der Waals surface area contributed by atoms with Crippen molar-refractivity contribution in [1.29, 1.82) is 0 Å². The second-order valence-electron chi connectivity index (χ2n) is 14.0. The van der Waals surface area contributed by atoms with Crippen LogP contribution in [-0.2, 0) is 25.6 Å². The highest BCUT2D eigenvalue weighted by Crippen LogP contribution is 2.62. The lowest BCUT2D eigenvalue weighted by Crippen LogP contribution is -2.79. The number of fused-ring (bicyclic) bond motifs is 3. The Bertz CT molecular complexity index is 1970. The largest absolute Gasteiger partial charge is 0.507 e. The van der Waals surface area contributed by atoms with Gasteiger partial charge in [0.1, 0.15) is 17.2 Å². The zero-order chi connectivity index (χ0) is 36.5. The van der Waals surface area contributed by atoms with Gasteiger partial charge in [-0.2, -0.15) is 0 Å². The molecule has 5 N–H and O–H groups in total. The topological polar surface area (TPSA) is 203 Å². The molecule has 0 bridgehead atoms. The standard InChI is InChI=1S/C37H37N3O10/c1-35-16-23-22(18-6-8-19(9-7-18)39-34(47)50-21-12-10-20(49-5)11-13-21)14-15-24(41)25(23)28(42)27(35)32(45)37(48)31(44)26(33(38)46)29(43)30(40(3)4)36(37,2)17-35/h6-15,26-27,30,41,48H,16-17H2,1-5H3,(H2,38,46)(H,39,47)/t26?,27?,30-,35+,36+,37-/m1/s1. The van der Waals surface area contributed by atoms with Crippen molar-refractivity contribution in [2.45, 2.75) is 38.3 Å². The van der Waals surface area contributed by atoms with Gasteiger partial charge in [-0.1, -0.05) is 32.0 Å². The lowest BCUT2D eigenvalue weighted by Gasteiger charge is -2.61. The molecule has 2 saturated carbocycles. The van der Waals surface area contributed by atoms with Crippen LogP contribution in [-0.4, -0.2) is 83.1 Å². The van der Waals surface area contributed by atoms with Gasteiger partial charge in [0.2, 0.25) is 5.91 Å². The molecule has 2 amide bonds. The number of anilines is 1. The van der Waals surface area contributed by atoms with Gasteiger partial charge < -0.3 is 25.4 Å². The number of rotatable bonds is 6. The Kier molecular flexibility index (Phi) is 8.19. The highest BCUT2D eigenvalue weighted by atomic mass is 16.6. The number of primary amides is 1. The molecule has 0 aliphatic heterocycles. The monoisotopic (exact) mass is 683 g/mol. The Morgan fingerprint density at radius 2 is 1.54 bits per heavy atom. The van der Waals surface area contributed by atoms with Crippen LogP contribution in [0.25, 0.3) is 11.1 Å². The highest BCUT2D eigenvalue weighted by Gasteiger charge is 2.76. The van der Waals surface area contributed by atoms with Crippen molar-refractivity contribution in [1.82, 2.24) is 4.90 Å². The lowest BCUT2D eigenvalue weighted by molar-refractivity contribution is -0.203. The van der Waals surface area contributed by atoms with E-state index in [-0.39, 0.29) is 24.2 Å². The summed E-state index contributed by atoms with van der Waals surface area (Å²) in [6.07, 6.45) is -0.781. The number of phenolic OH excluding ortho intramolecular Hbond substituents is 1. The third kappa shape index (κ3) is 4.99. The number of aromatic hydroxyl groups is 1. The van der Waals surface area contributed by atoms with Gasteiger partial charge in [-0.25, -0.2) is 4.79 Å². The average molecular weight is 684 g/mol. The van der Waals surface area contributed by atoms with Crippen LogP contribution in [0.1, 0.15) is 36.2 Å². The number of nitrogens with zero attached hydrogens (tertiary/aromatic N) is 1. The minimum Gasteiger partial charge on any atom is -0.507 e. The highest BCUT2D eigenvalue weighted by molar-refractivity contribution is 6.33. The number of ketones is 4. The van der Waals surface area contributed by atoms with E-state index in [1.165, 1.54) is 39.1 Å². The zero-order valence-electron chi connectivity index (χ0n) is 28.1. The fourth-order valence-corrected chi connectivity index (χ4v) is 8.62. The molecule has 260 valence electrons.